The summed E-state index contributed by atoms with van der Waals surface area (Å²) >= 11 is 1.47. The van der Waals surface area contributed by atoms with E-state index in [1.54, 1.807) is 12.1 Å². The van der Waals surface area contributed by atoms with Gasteiger partial charge in [-0.15, -0.1) is 11.3 Å². The number of aryl methyl sites for hydroxylation is 1. The second-order valence-corrected chi connectivity index (χ2v) is 8.93. The van der Waals surface area contributed by atoms with Gasteiger partial charge < -0.3 is 10.1 Å². The van der Waals surface area contributed by atoms with Gasteiger partial charge in [0.05, 0.1) is 11.1 Å². The van der Waals surface area contributed by atoms with Crippen LogP contribution in [-0.4, -0.2) is 18.5 Å². The lowest BCUT2D eigenvalue weighted by molar-refractivity contribution is -0.119. The number of anilines is 1. The monoisotopic (exact) mass is 444 g/mol. The van der Waals surface area contributed by atoms with E-state index in [2.05, 4.69) is 11.4 Å². The van der Waals surface area contributed by atoms with E-state index in [0.29, 0.717) is 22.5 Å². The summed E-state index contributed by atoms with van der Waals surface area (Å²) in [6.45, 7) is -0.397. The number of hydrogen-bond acceptors (Lipinski definition) is 5. The van der Waals surface area contributed by atoms with Crippen LogP contribution >= 0.6 is 11.3 Å². The summed E-state index contributed by atoms with van der Waals surface area (Å²) in [5.74, 6) is -0.971. The predicted octanol–water partition coefficient (Wildman–Crippen LogP) is 5.27. The number of esters is 1. The minimum absolute atomic E-state index is 0.397. The van der Waals surface area contributed by atoms with Crippen molar-refractivity contribution in [2.24, 2.45) is 0 Å². The first-order valence-corrected chi connectivity index (χ1v) is 11.6. The predicted molar refractivity (Wildman–Crippen MR) is 125 cm³/mol. The summed E-state index contributed by atoms with van der Waals surface area (Å²) in [5, 5.41) is 12.9. The fraction of sp³-hybridized carbons (Fsp3) is 0.269. The average Bonchev–Trinajstić information content (AvgIpc) is 2.97. The Balaban J connectivity index is 1.40. The van der Waals surface area contributed by atoms with Gasteiger partial charge in [0.25, 0.3) is 5.91 Å². The van der Waals surface area contributed by atoms with Crippen LogP contribution in [0.5, 0.6) is 0 Å². The van der Waals surface area contributed by atoms with Crippen LogP contribution in [0.1, 0.15) is 56.8 Å². The Hall–Kier alpha value is -3.43. The molecule has 1 aliphatic rings. The summed E-state index contributed by atoms with van der Waals surface area (Å²) in [4.78, 5) is 26.3. The summed E-state index contributed by atoms with van der Waals surface area (Å²) in [7, 11) is 0. The van der Waals surface area contributed by atoms with E-state index >= 15 is 0 Å². The SMILES string of the molecule is N#Cc1c(NC(=O)COC(=O)c2ccccc2Cc2ccccc2)sc2c1CCCCC2. The maximum Gasteiger partial charge on any atom is 0.338 e. The molecule has 0 saturated heterocycles. The van der Waals surface area contributed by atoms with Crippen LogP contribution in [0.3, 0.4) is 0 Å². The molecule has 1 amide bonds. The van der Waals surface area contributed by atoms with E-state index in [0.717, 1.165) is 48.8 Å². The normalized spacial score (nSPS) is 12.8. The number of carbonyl (C=O) groups excluding carboxylic acids is 2. The molecule has 0 saturated carbocycles. The van der Waals surface area contributed by atoms with Gasteiger partial charge in [-0.25, -0.2) is 4.79 Å². The molecule has 5 nitrogen and oxygen atoms in total. The van der Waals surface area contributed by atoms with E-state index in [4.69, 9.17) is 4.74 Å². The van der Waals surface area contributed by atoms with Crippen molar-refractivity contribution in [2.75, 3.05) is 11.9 Å². The topological polar surface area (TPSA) is 79.2 Å². The minimum Gasteiger partial charge on any atom is -0.452 e. The van der Waals surface area contributed by atoms with Crippen LogP contribution in [0.25, 0.3) is 0 Å². The molecular weight excluding hydrogens is 420 g/mol. The third-order valence-corrected chi connectivity index (χ3v) is 6.80. The fourth-order valence-corrected chi connectivity index (χ4v) is 5.27. The van der Waals surface area contributed by atoms with Gasteiger partial charge in [-0.05, 0) is 54.9 Å². The number of rotatable bonds is 6. The standard InChI is InChI=1S/C26H24N2O3S/c27-16-22-21-13-5-2-6-14-23(21)32-25(22)28-24(29)17-31-26(30)20-12-8-7-11-19(20)15-18-9-3-1-4-10-18/h1,3-4,7-12H,2,5-6,13-15,17H2,(H,28,29). The molecule has 0 unspecified atom stereocenters. The van der Waals surface area contributed by atoms with E-state index in [-0.39, 0.29) is 0 Å². The molecule has 0 spiro atoms. The third kappa shape index (κ3) is 5.06. The molecule has 1 aliphatic carbocycles. The lowest BCUT2D eigenvalue weighted by atomic mass is 10.00. The molecule has 0 atom stereocenters. The number of ether oxygens (including phenoxy) is 1. The molecule has 0 aliphatic heterocycles. The van der Waals surface area contributed by atoms with Crippen LogP contribution in [0.4, 0.5) is 5.00 Å². The van der Waals surface area contributed by atoms with Gasteiger partial charge in [-0.1, -0.05) is 55.0 Å². The lowest BCUT2D eigenvalue weighted by Gasteiger charge is -2.10. The Morgan fingerprint density at radius 2 is 1.75 bits per heavy atom. The first-order valence-electron chi connectivity index (χ1n) is 10.8. The molecular formula is C26H24N2O3S. The molecule has 0 fully saturated rings. The van der Waals surface area contributed by atoms with Crippen LogP contribution in [0.15, 0.2) is 54.6 Å². The van der Waals surface area contributed by atoms with Gasteiger partial charge in [-0.2, -0.15) is 5.26 Å². The number of fused-ring (bicyclic) bond motifs is 1. The molecule has 4 rings (SSSR count). The number of nitrogens with zero attached hydrogens (tertiary/aromatic N) is 1. The number of nitriles is 1. The van der Waals surface area contributed by atoms with E-state index in [9.17, 15) is 14.9 Å². The maximum atomic E-state index is 12.7. The minimum atomic E-state index is -0.533. The Labute approximate surface area is 191 Å². The van der Waals surface area contributed by atoms with Crippen molar-refractivity contribution in [3.63, 3.8) is 0 Å². The first-order chi connectivity index (χ1) is 15.7. The van der Waals surface area contributed by atoms with Crippen LogP contribution in [0.2, 0.25) is 0 Å². The zero-order valence-corrected chi connectivity index (χ0v) is 18.5. The number of amides is 1. The maximum absolute atomic E-state index is 12.7. The second kappa shape index (κ2) is 10.3. The largest absolute Gasteiger partial charge is 0.452 e. The summed E-state index contributed by atoms with van der Waals surface area (Å²) < 4.78 is 5.31. The third-order valence-electron chi connectivity index (χ3n) is 5.60. The molecule has 1 aromatic heterocycles. The fourth-order valence-electron chi connectivity index (χ4n) is 4.01. The Kier molecular flexibility index (Phi) is 6.98. The highest BCUT2D eigenvalue weighted by molar-refractivity contribution is 7.16. The summed E-state index contributed by atoms with van der Waals surface area (Å²) in [5.41, 5.74) is 4.01. The molecule has 1 N–H and O–H groups in total. The van der Waals surface area contributed by atoms with Crippen molar-refractivity contribution < 1.29 is 14.3 Å². The smallest absolute Gasteiger partial charge is 0.338 e. The molecule has 3 aromatic rings. The van der Waals surface area contributed by atoms with Crippen molar-refractivity contribution in [3.05, 3.63) is 87.3 Å². The average molecular weight is 445 g/mol. The molecule has 0 bridgehead atoms. The Morgan fingerprint density at radius 3 is 2.56 bits per heavy atom. The lowest BCUT2D eigenvalue weighted by Crippen LogP contribution is -2.21. The van der Waals surface area contributed by atoms with Crippen molar-refractivity contribution in [3.8, 4) is 6.07 Å². The van der Waals surface area contributed by atoms with Gasteiger partial charge in [0, 0.05) is 4.88 Å². The zero-order chi connectivity index (χ0) is 22.3. The number of carbonyl (C=O) groups is 2. The number of thiophene rings is 1. The first kappa shape index (κ1) is 21.8. The molecule has 1 heterocycles. The Morgan fingerprint density at radius 1 is 1.00 bits per heavy atom. The van der Waals surface area contributed by atoms with Gasteiger partial charge in [0.2, 0.25) is 0 Å². The summed E-state index contributed by atoms with van der Waals surface area (Å²) in [6.07, 6.45) is 5.74. The van der Waals surface area contributed by atoms with Gasteiger partial charge in [-0.3, -0.25) is 4.79 Å². The zero-order valence-electron chi connectivity index (χ0n) is 17.7. The molecule has 162 valence electrons. The number of hydrogen-bond donors (Lipinski definition) is 1. The highest BCUT2D eigenvalue weighted by atomic mass is 32.1. The van der Waals surface area contributed by atoms with Crippen molar-refractivity contribution in [1.82, 2.24) is 0 Å². The quantitative estimate of drug-likeness (QED) is 0.415. The molecule has 32 heavy (non-hydrogen) atoms. The highest BCUT2D eigenvalue weighted by Crippen LogP contribution is 2.36. The second-order valence-electron chi connectivity index (χ2n) is 7.82. The van der Waals surface area contributed by atoms with Crippen LogP contribution in [-0.2, 0) is 28.8 Å². The highest BCUT2D eigenvalue weighted by Gasteiger charge is 2.21. The van der Waals surface area contributed by atoms with Crippen LogP contribution < -0.4 is 5.32 Å². The van der Waals surface area contributed by atoms with E-state index in [1.165, 1.54) is 16.2 Å². The number of benzene rings is 2. The van der Waals surface area contributed by atoms with E-state index in [1.807, 2.05) is 42.5 Å². The molecule has 6 heteroatoms. The summed E-state index contributed by atoms with van der Waals surface area (Å²) in [6, 6.07) is 19.4. The van der Waals surface area contributed by atoms with Crippen molar-refractivity contribution >= 4 is 28.2 Å². The van der Waals surface area contributed by atoms with Crippen molar-refractivity contribution in [1.29, 1.82) is 5.26 Å². The van der Waals surface area contributed by atoms with Gasteiger partial charge in [0.15, 0.2) is 6.61 Å². The molecule has 0 radical (unpaired) electrons. The molecule has 2 aromatic carbocycles. The number of nitrogens with one attached hydrogen (secondary N) is 1. The van der Waals surface area contributed by atoms with Crippen molar-refractivity contribution in [2.45, 2.75) is 38.5 Å². The van der Waals surface area contributed by atoms with Gasteiger partial charge >= 0.3 is 5.97 Å². The van der Waals surface area contributed by atoms with Gasteiger partial charge in [0.1, 0.15) is 11.1 Å². The van der Waals surface area contributed by atoms with E-state index < -0.39 is 18.5 Å². The van der Waals surface area contributed by atoms with Crippen LogP contribution in [0, 0.1) is 11.3 Å². The Bertz CT molecular complexity index is 1160.